The lowest BCUT2D eigenvalue weighted by atomic mass is 10.0. The highest BCUT2D eigenvalue weighted by atomic mass is 79.9. The SMILES string of the molecule is CC(c1ccccn1)C(Br)c1ccc(Cl)o1. The Labute approximate surface area is 108 Å². The molecule has 2 nitrogen and oxygen atoms in total. The van der Waals surface area contributed by atoms with Gasteiger partial charge in [0.1, 0.15) is 5.76 Å². The number of hydrogen-bond donors (Lipinski definition) is 0. The number of rotatable bonds is 3. The normalized spacial score (nSPS) is 14.7. The quantitative estimate of drug-likeness (QED) is 0.776. The van der Waals surface area contributed by atoms with E-state index in [1.54, 1.807) is 12.3 Å². The Balaban J connectivity index is 2.19. The number of halogens is 2. The molecule has 16 heavy (non-hydrogen) atoms. The fourth-order valence-electron chi connectivity index (χ4n) is 1.52. The van der Waals surface area contributed by atoms with E-state index in [1.807, 2.05) is 24.3 Å². The maximum atomic E-state index is 5.75. The molecule has 0 fully saturated rings. The number of alkyl halides is 1. The fourth-order valence-corrected chi connectivity index (χ4v) is 2.19. The van der Waals surface area contributed by atoms with Crippen LogP contribution in [0.25, 0.3) is 0 Å². The fraction of sp³-hybridized carbons (Fsp3) is 0.250. The van der Waals surface area contributed by atoms with Gasteiger partial charge >= 0.3 is 0 Å². The van der Waals surface area contributed by atoms with Gasteiger partial charge in [-0.3, -0.25) is 4.98 Å². The molecule has 2 aromatic rings. The van der Waals surface area contributed by atoms with Crippen molar-refractivity contribution >= 4 is 27.5 Å². The van der Waals surface area contributed by atoms with E-state index in [-0.39, 0.29) is 10.7 Å². The molecule has 4 heteroatoms. The summed E-state index contributed by atoms with van der Waals surface area (Å²) in [5, 5.41) is 0.410. The number of pyridine rings is 1. The molecule has 0 saturated heterocycles. The van der Waals surface area contributed by atoms with Crippen LogP contribution < -0.4 is 0 Å². The summed E-state index contributed by atoms with van der Waals surface area (Å²) in [5.41, 5.74) is 1.02. The van der Waals surface area contributed by atoms with E-state index in [9.17, 15) is 0 Å². The van der Waals surface area contributed by atoms with Crippen LogP contribution in [0.4, 0.5) is 0 Å². The van der Waals surface area contributed by atoms with Gasteiger partial charge in [-0.25, -0.2) is 0 Å². The Morgan fingerprint density at radius 2 is 2.12 bits per heavy atom. The Morgan fingerprint density at radius 3 is 2.69 bits per heavy atom. The van der Waals surface area contributed by atoms with E-state index < -0.39 is 0 Å². The summed E-state index contributed by atoms with van der Waals surface area (Å²) in [7, 11) is 0. The van der Waals surface area contributed by atoms with Crippen LogP contribution in [0.3, 0.4) is 0 Å². The highest BCUT2D eigenvalue weighted by Crippen LogP contribution is 2.38. The van der Waals surface area contributed by atoms with Gasteiger partial charge in [-0.2, -0.15) is 0 Å². The van der Waals surface area contributed by atoms with Gasteiger partial charge in [-0.05, 0) is 35.9 Å². The average molecular weight is 301 g/mol. The largest absolute Gasteiger partial charge is 0.449 e. The van der Waals surface area contributed by atoms with Crippen molar-refractivity contribution in [3.05, 3.63) is 53.2 Å². The van der Waals surface area contributed by atoms with Crippen molar-refractivity contribution in [3.63, 3.8) is 0 Å². The van der Waals surface area contributed by atoms with Crippen molar-refractivity contribution in [2.45, 2.75) is 17.7 Å². The molecule has 0 aliphatic carbocycles. The summed E-state index contributed by atoms with van der Waals surface area (Å²) in [6, 6.07) is 9.51. The maximum absolute atomic E-state index is 5.75. The Hall–Kier alpha value is -0.800. The lowest BCUT2D eigenvalue weighted by molar-refractivity contribution is 0.490. The molecule has 0 amide bonds. The van der Waals surface area contributed by atoms with Crippen LogP contribution in [0, 0.1) is 0 Å². The van der Waals surface area contributed by atoms with Gasteiger partial charge < -0.3 is 4.42 Å². The molecule has 0 radical (unpaired) electrons. The molecule has 0 N–H and O–H groups in total. The zero-order valence-corrected chi connectivity index (χ0v) is 11.1. The first kappa shape index (κ1) is 11.7. The van der Waals surface area contributed by atoms with Crippen LogP contribution in [0.5, 0.6) is 0 Å². The summed E-state index contributed by atoms with van der Waals surface area (Å²) in [6.07, 6.45) is 1.79. The molecule has 0 aromatic carbocycles. The molecular formula is C12H11BrClNO. The van der Waals surface area contributed by atoms with Crippen LogP contribution in [0.1, 0.15) is 29.1 Å². The second kappa shape index (κ2) is 5.02. The zero-order valence-electron chi connectivity index (χ0n) is 8.73. The van der Waals surface area contributed by atoms with Gasteiger partial charge in [0.05, 0.1) is 4.83 Å². The summed E-state index contributed by atoms with van der Waals surface area (Å²) in [4.78, 5) is 4.41. The van der Waals surface area contributed by atoms with E-state index in [2.05, 4.69) is 27.8 Å². The smallest absolute Gasteiger partial charge is 0.193 e. The van der Waals surface area contributed by atoms with Crippen LogP contribution in [-0.2, 0) is 0 Å². The first-order valence-electron chi connectivity index (χ1n) is 4.98. The van der Waals surface area contributed by atoms with Gasteiger partial charge in [0.15, 0.2) is 5.22 Å². The van der Waals surface area contributed by atoms with E-state index in [0.717, 1.165) is 11.5 Å². The van der Waals surface area contributed by atoms with E-state index in [1.165, 1.54) is 0 Å². The molecule has 2 unspecified atom stereocenters. The molecule has 2 rings (SSSR count). The molecule has 0 spiro atoms. The second-order valence-corrected chi connectivity index (χ2v) is 4.95. The van der Waals surface area contributed by atoms with E-state index in [0.29, 0.717) is 5.22 Å². The van der Waals surface area contributed by atoms with E-state index >= 15 is 0 Å². The molecule has 0 aliphatic rings. The predicted molar refractivity (Wildman–Crippen MR) is 68.0 cm³/mol. The van der Waals surface area contributed by atoms with Gasteiger partial charge in [-0.1, -0.05) is 28.9 Å². The first-order valence-corrected chi connectivity index (χ1v) is 6.28. The van der Waals surface area contributed by atoms with Crippen molar-refractivity contribution in [3.8, 4) is 0 Å². The predicted octanol–water partition coefficient (Wildman–Crippen LogP) is 4.57. The molecule has 2 aromatic heterocycles. The number of nitrogens with zero attached hydrogens (tertiary/aromatic N) is 1. The van der Waals surface area contributed by atoms with E-state index in [4.69, 9.17) is 16.0 Å². The van der Waals surface area contributed by atoms with Crippen molar-refractivity contribution in [2.75, 3.05) is 0 Å². The van der Waals surface area contributed by atoms with Crippen LogP contribution >= 0.6 is 27.5 Å². The average Bonchev–Trinajstić information content (AvgIpc) is 2.75. The molecule has 0 bridgehead atoms. The molecule has 2 atom stereocenters. The molecule has 2 heterocycles. The van der Waals surface area contributed by atoms with Crippen LogP contribution in [0.15, 0.2) is 40.9 Å². The van der Waals surface area contributed by atoms with Crippen LogP contribution in [-0.4, -0.2) is 4.98 Å². The first-order chi connectivity index (χ1) is 7.68. The third kappa shape index (κ3) is 2.47. The Bertz CT molecular complexity index is 457. The van der Waals surface area contributed by atoms with Crippen molar-refractivity contribution < 1.29 is 4.42 Å². The Kier molecular flexibility index (Phi) is 3.66. The highest BCUT2D eigenvalue weighted by Gasteiger charge is 2.21. The lowest BCUT2D eigenvalue weighted by Crippen LogP contribution is -2.02. The Morgan fingerprint density at radius 1 is 1.31 bits per heavy atom. The summed E-state index contributed by atoms with van der Waals surface area (Å²) >= 11 is 9.36. The minimum absolute atomic E-state index is 0.0786. The highest BCUT2D eigenvalue weighted by molar-refractivity contribution is 9.09. The second-order valence-electron chi connectivity index (χ2n) is 3.59. The van der Waals surface area contributed by atoms with Gasteiger partial charge in [0, 0.05) is 17.8 Å². The van der Waals surface area contributed by atoms with Crippen molar-refractivity contribution in [1.82, 2.24) is 4.98 Å². The minimum Gasteiger partial charge on any atom is -0.449 e. The summed E-state index contributed by atoms with van der Waals surface area (Å²) < 4.78 is 5.38. The number of furan rings is 1. The third-order valence-corrected chi connectivity index (χ3v) is 3.91. The monoisotopic (exact) mass is 299 g/mol. The lowest BCUT2D eigenvalue weighted by Gasteiger charge is -2.15. The van der Waals surface area contributed by atoms with Crippen molar-refractivity contribution in [1.29, 1.82) is 0 Å². The minimum atomic E-state index is 0.0786. The topological polar surface area (TPSA) is 26.0 Å². The zero-order chi connectivity index (χ0) is 11.5. The molecular weight excluding hydrogens is 289 g/mol. The molecule has 84 valence electrons. The van der Waals surface area contributed by atoms with Crippen LogP contribution in [0.2, 0.25) is 5.22 Å². The number of aromatic nitrogens is 1. The molecule has 0 aliphatic heterocycles. The van der Waals surface area contributed by atoms with Gasteiger partial charge in [0.25, 0.3) is 0 Å². The number of hydrogen-bond acceptors (Lipinski definition) is 2. The molecule has 0 saturated carbocycles. The standard InChI is InChI=1S/C12H11BrClNO/c1-8(9-4-2-3-7-15-9)12(13)10-5-6-11(14)16-10/h2-8,12H,1H3. The van der Waals surface area contributed by atoms with Gasteiger partial charge in [-0.15, -0.1) is 0 Å². The summed E-state index contributed by atoms with van der Waals surface area (Å²) in [5.74, 6) is 1.05. The third-order valence-electron chi connectivity index (χ3n) is 2.46. The van der Waals surface area contributed by atoms with Crippen molar-refractivity contribution in [2.24, 2.45) is 0 Å². The van der Waals surface area contributed by atoms with Gasteiger partial charge in [0.2, 0.25) is 0 Å². The maximum Gasteiger partial charge on any atom is 0.193 e. The summed E-state index contributed by atoms with van der Waals surface area (Å²) in [6.45, 7) is 2.10.